The second-order valence-corrected chi connectivity index (χ2v) is 11.5. The fourth-order valence-corrected chi connectivity index (χ4v) is 6.72. The van der Waals surface area contributed by atoms with Gasteiger partial charge in [-0.1, -0.05) is 18.7 Å². The molecule has 2 fully saturated rings. The van der Waals surface area contributed by atoms with Crippen LogP contribution < -0.4 is 5.32 Å². The lowest BCUT2D eigenvalue weighted by molar-refractivity contribution is -0.119. The summed E-state index contributed by atoms with van der Waals surface area (Å²) < 4.78 is 34.8. The zero-order valence-corrected chi connectivity index (χ0v) is 20.4. The first kappa shape index (κ1) is 23.5. The van der Waals surface area contributed by atoms with Crippen molar-refractivity contribution in [3.8, 4) is 0 Å². The maximum atomic E-state index is 13.0. The first-order valence-corrected chi connectivity index (χ1v) is 13.8. The van der Waals surface area contributed by atoms with Gasteiger partial charge in [-0.3, -0.25) is 4.79 Å². The number of hydrogen-bond donors (Lipinski definition) is 1. The molecule has 4 rings (SSSR count). The van der Waals surface area contributed by atoms with Crippen LogP contribution in [0.1, 0.15) is 39.5 Å². The Morgan fingerprint density at radius 1 is 1.22 bits per heavy atom. The van der Waals surface area contributed by atoms with E-state index in [0.717, 1.165) is 29.4 Å². The second-order valence-electron chi connectivity index (χ2n) is 8.62. The molecule has 1 saturated heterocycles. The Hall–Kier alpha value is -1.62. The van der Waals surface area contributed by atoms with Gasteiger partial charge < -0.3 is 14.6 Å². The molecular weight excluding hydrogens is 448 g/mol. The Morgan fingerprint density at radius 2 is 1.94 bits per heavy atom. The Balaban J connectivity index is 1.47. The molecule has 2 heterocycles. The van der Waals surface area contributed by atoms with Gasteiger partial charge in [0.1, 0.15) is 0 Å². The number of sulfonamides is 1. The van der Waals surface area contributed by atoms with Crippen LogP contribution in [0, 0.1) is 5.92 Å². The number of nitrogens with one attached hydrogen (secondary N) is 1. The summed E-state index contributed by atoms with van der Waals surface area (Å²) >= 11 is 1.40. The molecule has 1 saturated carbocycles. The molecular formula is C22H32N4O4S2. The highest BCUT2D eigenvalue weighted by Gasteiger charge is 2.27. The van der Waals surface area contributed by atoms with Gasteiger partial charge in [-0.25, -0.2) is 13.4 Å². The summed E-state index contributed by atoms with van der Waals surface area (Å²) in [5.74, 6) is 1.08. The number of amides is 1. The predicted octanol–water partition coefficient (Wildman–Crippen LogP) is 2.86. The lowest BCUT2D eigenvalue weighted by atomic mass is 9.87. The van der Waals surface area contributed by atoms with Gasteiger partial charge in [-0.15, -0.1) is 0 Å². The maximum Gasteiger partial charge on any atom is 0.243 e. The lowest BCUT2D eigenvalue weighted by Crippen LogP contribution is -2.40. The van der Waals surface area contributed by atoms with Crippen molar-refractivity contribution >= 4 is 38.7 Å². The number of hydrogen-bond acceptors (Lipinski definition) is 6. The van der Waals surface area contributed by atoms with Crippen molar-refractivity contribution in [1.29, 1.82) is 0 Å². The molecule has 1 amide bonds. The van der Waals surface area contributed by atoms with Crippen LogP contribution in [-0.2, 0) is 26.1 Å². The van der Waals surface area contributed by atoms with Crippen LogP contribution >= 0.6 is 11.8 Å². The summed E-state index contributed by atoms with van der Waals surface area (Å²) in [5.41, 5.74) is 1.50. The van der Waals surface area contributed by atoms with Crippen LogP contribution in [0.2, 0.25) is 0 Å². The number of imidazole rings is 1. The number of rotatable bonds is 7. The van der Waals surface area contributed by atoms with E-state index >= 15 is 0 Å². The number of ether oxygens (including phenoxy) is 1. The van der Waals surface area contributed by atoms with E-state index in [0.29, 0.717) is 44.1 Å². The van der Waals surface area contributed by atoms with Crippen molar-refractivity contribution in [2.75, 3.05) is 32.1 Å². The lowest BCUT2D eigenvalue weighted by Gasteiger charge is -2.26. The molecule has 1 aliphatic carbocycles. The Morgan fingerprint density at radius 3 is 2.62 bits per heavy atom. The van der Waals surface area contributed by atoms with E-state index < -0.39 is 10.0 Å². The molecule has 0 atom stereocenters. The van der Waals surface area contributed by atoms with Crippen molar-refractivity contribution in [2.24, 2.45) is 5.92 Å². The van der Waals surface area contributed by atoms with Gasteiger partial charge >= 0.3 is 0 Å². The van der Waals surface area contributed by atoms with Crippen LogP contribution in [-0.4, -0.2) is 66.3 Å². The van der Waals surface area contributed by atoms with Gasteiger partial charge in [0.2, 0.25) is 15.9 Å². The number of thioether (sulfide) groups is 1. The van der Waals surface area contributed by atoms with Crippen LogP contribution in [0.4, 0.5) is 0 Å². The number of benzene rings is 1. The molecule has 32 heavy (non-hydrogen) atoms. The van der Waals surface area contributed by atoms with E-state index in [4.69, 9.17) is 4.74 Å². The third-order valence-electron chi connectivity index (χ3n) is 6.32. The fourth-order valence-electron chi connectivity index (χ4n) is 4.40. The molecule has 10 heteroatoms. The average Bonchev–Trinajstić information content (AvgIpc) is 3.16. The SMILES string of the molecule is CCn1c(SCC(=O)NC2CCC(C)CC2)nc2cc(S(=O)(=O)N3CCOCC3)ccc21. The Kier molecular flexibility index (Phi) is 7.44. The normalized spacial score (nSPS) is 22.8. The van der Waals surface area contributed by atoms with Gasteiger partial charge in [0.25, 0.3) is 0 Å². The summed E-state index contributed by atoms with van der Waals surface area (Å²) in [4.78, 5) is 17.4. The van der Waals surface area contributed by atoms with Crippen LogP contribution in [0.5, 0.6) is 0 Å². The first-order valence-electron chi connectivity index (χ1n) is 11.4. The molecule has 1 aliphatic heterocycles. The van der Waals surface area contributed by atoms with Gasteiger partial charge in [0.05, 0.1) is 34.9 Å². The Bertz CT molecular complexity index is 1060. The van der Waals surface area contributed by atoms with Gasteiger partial charge in [0.15, 0.2) is 5.16 Å². The quantitative estimate of drug-likeness (QED) is 0.613. The monoisotopic (exact) mass is 480 g/mol. The number of aromatic nitrogens is 2. The largest absolute Gasteiger partial charge is 0.379 e. The number of carbonyl (C=O) groups excluding carboxylic acids is 1. The summed E-state index contributed by atoms with van der Waals surface area (Å²) in [6.07, 6.45) is 4.43. The number of nitrogens with zero attached hydrogens (tertiary/aromatic N) is 3. The summed E-state index contributed by atoms with van der Waals surface area (Å²) in [7, 11) is -3.58. The minimum Gasteiger partial charge on any atom is -0.379 e. The zero-order chi connectivity index (χ0) is 22.7. The molecule has 8 nitrogen and oxygen atoms in total. The topological polar surface area (TPSA) is 93.5 Å². The maximum absolute atomic E-state index is 13.0. The number of carbonyl (C=O) groups is 1. The molecule has 176 valence electrons. The number of aryl methyl sites for hydroxylation is 1. The molecule has 1 aromatic heterocycles. The highest BCUT2D eigenvalue weighted by atomic mass is 32.2. The van der Waals surface area contributed by atoms with Gasteiger partial charge in [0, 0.05) is 25.7 Å². The molecule has 0 radical (unpaired) electrons. The minimum absolute atomic E-state index is 0.0276. The number of morpholine rings is 1. The van der Waals surface area contributed by atoms with Crippen LogP contribution in [0.3, 0.4) is 0 Å². The fraction of sp³-hybridized carbons (Fsp3) is 0.636. The molecule has 2 aliphatic rings. The predicted molar refractivity (Wildman–Crippen MR) is 125 cm³/mol. The van der Waals surface area contributed by atoms with Crippen molar-refractivity contribution < 1.29 is 17.9 Å². The van der Waals surface area contributed by atoms with Gasteiger partial charge in [-0.05, 0) is 56.7 Å². The standard InChI is InChI=1S/C22H32N4O4S2/c1-3-26-20-9-8-18(32(28,29)25-10-12-30-13-11-25)14-19(20)24-22(26)31-15-21(27)23-17-6-4-16(2)5-7-17/h8-9,14,16-17H,3-7,10-13,15H2,1-2H3,(H,23,27). The molecule has 0 bridgehead atoms. The second kappa shape index (κ2) is 10.1. The van der Waals surface area contributed by atoms with Crippen LogP contribution in [0.25, 0.3) is 11.0 Å². The van der Waals surface area contributed by atoms with Gasteiger partial charge in [-0.2, -0.15) is 4.31 Å². The summed E-state index contributed by atoms with van der Waals surface area (Å²) in [5, 5.41) is 3.89. The third kappa shape index (κ3) is 5.13. The van der Waals surface area contributed by atoms with Crippen molar-refractivity contribution in [2.45, 2.75) is 62.2 Å². The molecule has 2 aromatic rings. The van der Waals surface area contributed by atoms with Crippen molar-refractivity contribution in [1.82, 2.24) is 19.2 Å². The highest BCUT2D eigenvalue weighted by molar-refractivity contribution is 7.99. The Labute approximate surface area is 194 Å². The van der Waals surface area contributed by atoms with E-state index in [1.807, 2.05) is 17.6 Å². The molecule has 0 spiro atoms. The third-order valence-corrected chi connectivity index (χ3v) is 9.19. The van der Waals surface area contributed by atoms with Crippen LogP contribution in [0.15, 0.2) is 28.3 Å². The smallest absolute Gasteiger partial charge is 0.243 e. The summed E-state index contributed by atoms with van der Waals surface area (Å²) in [6, 6.07) is 5.37. The number of fused-ring (bicyclic) bond motifs is 1. The minimum atomic E-state index is -3.58. The summed E-state index contributed by atoms with van der Waals surface area (Å²) in [6.45, 7) is 6.52. The van der Waals surface area contributed by atoms with E-state index in [-0.39, 0.29) is 16.8 Å². The van der Waals surface area contributed by atoms with Crippen molar-refractivity contribution in [3.05, 3.63) is 18.2 Å². The van der Waals surface area contributed by atoms with Crippen molar-refractivity contribution in [3.63, 3.8) is 0 Å². The first-order chi connectivity index (χ1) is 15.4. The zero-order valence-electron chi connectivity index (χ0n) is 18.7. The highest BCUT2D eigenvalue weighted by Crippen LogP contribution is 2.28. The molecule has 1 aromatic carbocycles. The van der Waals surface area contributed by atoms with E-state index in [1.165, 1.54) is 28.9 Å². The van der Waals surface area contributed by atoms with E-state index in [9.17, 15) is 13.2 Å². The molecule has 1 N–H and O–H groups in total. The van der Waals surface area contributed by atoms with E-state index in [2.05, 4.69) is 17.2 Å². The van der Waals surface area contributed by atoms with E-state index in [1.54, 1.807) is 12.1 Å². The average molecular weight is 481 g/mol. The molecule has 0 unspecified atom stereocenters.